The lowest BCUT2D eigenvalue weighted by Gasteiger charge is -2.00. The molecule has 0 spiro atoms. The van der Waals surface area contributed by atoms with E-state index in [0.717, 1.165) is 10.0 Å². The third-order valence-electron chi connectivity index (χ3n) is 2.51. The van der Waals surface area contributed by atoms with Crippen molar-refractivity contribution in [3.8, 4) is 17.5 Å². The van der Waals surface area contributed by atoms with Crippen LogP contribution in [0, 0.1) is 17.2 Å². The Balaban J connectivity index is 2.13. The van der Waals surface area contributed by atoms with Gasteiger partial charge in [0.25, 0.3) is 0 Å². The lowest BCUT2D eigenvalue weighted by Crippen LogP contribution is -1.98. The van der Waals surface area contributed by atoms with Gasteiger partial charge in [-0.1, -0.05) is 40.1 Å². The zero-order chi connectivity index (χ0) is 13.0. The van der Waals surface area contributed by atoms with Gasteiger partial charge in [0.1, 0.15) is 0 Å². The zero-order valence-electron chi connectivity index (χ0n) is 9.93. The van der Waals surface area contributed by atoms with Crippen molar-refractivity contribution >= 4 is 15.9 Å². The van der Waals surface area contributed by atoms with Crippen LogP contribution in [0.1, 0.15) is 19.2 Å². The van der Waals surface area contributed by atoms with Gasteiger partial charge in [0, 0.05) is 22.9 Å². The summed E-state index contributed by atoms with van der Waals surface area (Å²) in [6.45, 7) is 1.99. The molecule has 1 atom stereocenters. The number of rotatable bonds is 4. The smallest absolute Gasteiger partial charge is 0.227 e. The third-order valence-corrected chi connectivity index (χ3v) is 3.01. The number of halogens is 1. The molecule has 0 fully saturated rings. The molecule has 1 unspecified atom stereocenters. The van der Waals surface area contributed by atoms with Crippen molar-refractivity contribution in [3.63, 3.8) is 0 Å². The highest BCUT2D eigenvalue weighted by Gasteiger charge is 2.12. The van der Waals surface area contributed by atoms with Crippen LogP contribution in [0.25, 0.3) is 11.4 Å². The standard InChI is InChI=1S/C13H12BrN3O/c1-9(5-6-15)7-12-16-13(17-18-12)10-3-2-4-11(14)8-10/h2-4,8-9H,5,7H2,1H3. The maximum atomic E-state index is 8.61. The average molecular weight is 306 g/mol. The Hall–Kier alpha value is -1.67. The Morgan fingerprint density at radius 1 is 1.50 bits per heavy atom. The van der Waals surface area contributed by atoms with E-state index in [4.69, 9.17) is 9.78 Å². The van der Waals surface area contributed by atoms with Gasteiger partial charge in [-0.15, -0.1) is 0 Å². The summed E-state index contributed by atoms with van der Waals surface area (Å²) >= 11 is 3.40. The number of aromatic nitrogens is 2. The molecule has 5 heteroatoms. The monoisotopic (exact) mass is 305 g/mol. The van der Waals surface area contributed by atoms with Gasteiger partial charge in [-0.3, -0.25) is 0 Å². The molecule has 1 aromatic carbocycles. The Labute approximate surface area is 114 Å². The quantitative estimate of drug-likeness (QED) is 0.866. The largest absolute Gasteiger partial charge is 0.339 e. The van der Waals surface area contributed by atoms with Crippen molar-refractivity contribution in [2.75, 3.05) is 0 Å². The fourth-order valence-electron chi connectivity index (χ4n) is 1.61. The van der Waals surface area contributed by atoms with Crippen LogP contribution in [0.15, 0.2) is 33.3 Å². The van der Waals surface area contributed by atoms with Gasteiger partial charge in [0.2, 0.25) is 11.7 Å². The highest BCUT2D eigenvalue weighted by molar-refractivity contribution is 9.10. The van der Waals surface area contributed by atoms with E-state index in [1.54, 1.807) is 0 Å². The van der Waals surface area contributed by atoms with Crippen LogP contribution < -0.4 is 0 Å². The van der Waals surface area contributed by atoms with Gasteiger partial charge in [-0.05, 0) is 18.1 Å². The molecule has 92 valence electrons. The first kappa shape index (κ1) is 12.8. The molecule has 0 saturated heterocycles. The van der Waals surface area contributed by atoms with E-state index in [-0.39, 0.29) is 5.92 Å². The Bertz CT molecular complexity index is 574. The van der Waals surface area contributed by atoms with Crippen molar-refractivity contribution < 1.29 is 4.52 Å². The third kappa shape index (κ3) is 3.17. The number of hydrogen-bond acceptors (Lipinski definition) is 4. The first-order valence-electron chi connectivity index (χ1n) is 5.64. The molecule has 4 nitrogen and oxygen atoms in total. The van der Waals surface area contributed by atoms with Gasteiger partial charge in [0.05, 0.1) is 6.07 Å². The fraction of sp³-hybridized carbons (Fsp3) is 0.308. The minimum absolute atomic E-state index is 0.228. The number of nitrogens with zero attached hydrogens (tertiary/aromatic N) is 3. The Kier molecular flexibility index (Phi) is 4.11. The van der Waals surface area contributed by atoms with Crippen LogP contribution in [-0.2, 0) is 6.42 Å². The summed E-state index contributed by atoms with van der Waals surface area (Å²) in [5.74, 6) is 1.38. The van der Waals surface area contributed by atoms with Gasteiger partial charge in [-0.25, -0.2) is 0 Å². The van der Waals surface area contributed by atoms with E-state index in [1.165, 1.54) is 0 Å². The molecule has 1 heterocycles. The highest BCUT2D eigenvalue weighted by Crippen LogP contribution is 2.21. The van der Waals surface area contributed by atoms with Crippen LogP contribution in [0.5, 0.6) is 0 Å². The Morgan fingerprint density at radius 2 is 2.33 bits per heavy atom. The maximum Gasteiger partial charge on any atom is 0.227 e. The van der Waals surface area contributed by atoms with Gasteiger partial charge >= 0.3 is 0 Å². The van der Waals surface area contributed by atoms with E-state index >= 15 is 0 Å². The van der Waals surface area contributed by atoms with Crippen LogP contribution in [0.2, 0.25) is 0 Å². The topological polar surface area (TPSA) is 62.7 Å². The predicted molar refractivity (Wildman–Crippen MR) is 70.5 cm³/mol. The maximum absolute atomic E-state index is 8.61. The summed E-state index contributed by atoms with van der Waals surface area (Å²) in [6, 6.07) is 9.87. The molecule has 0 N–H and O–H groups in total. The first-order valence-corrected chi connectivity index (χ1v) is 6.44. The number of benzene rings is 1. The van der Waals surface area contributed by atoms with E-state index in [0.29, 0.717) is 24.6 Å². The Morgan fingerprint density at radius 3 is 3.06 bits per heavy atom. The van der Waals surface area contributed by atoms with Crippen molar-refractivity contribution in [2.24, 2.45) is 5.92 Å². The van der Waals surface area contributed by atoms with E-state index in [2.05, 4.69) is 32.1 Å². The highest BCUT2D eigenvalue weighted by atomic mass is 79.9. The summed E-state index contributed by atoms with van der Waals surface area (Å²) in [5, 5.41) is 12.6. The number of nitriles is 1. The molecule has 0 amide bonds. The molecule has 0 aliphatic carbocycles. The lowest BCUT2D eigenvalue weighted by atomic mass is 10.1. The van der Waals surface area contributed by atoms with Crippen molar-refractivity contribution in [2.45, 2.75) is 19.8 Å². The summed E-state index contributed by atoms with van der Waals surface area (Å²) < 4.78 is 6.17. The molecule has 18 heavy (non-hydrogen) atoms. The molecular weight excluding hydrogens is 294 g/mol. The SMILES string of the molecule is CC(CC#N)Cc1nc(-c2cccc(Br)c2)no1. The molecule has 0 radical (unpaired) electrons. The molecule has 1 aromatic heterocycles. The molecule has 2 rings (SSSR count). The lowest BCUT2D eigenvalue weighted by molar-refractivity contribution is 0.359. The minimum atomic E-state index is 0.228. The van der Waals surface area contributed by atoms with Crippen molar-refractivity contribution in [1.82, 2.24) is 10.1 Å². The van der Waals surface area contributed by atoms with Gasteiger partial charge < -0.3 is 4.52 Å². The summed E-state index contributed by atoms with van der Waals surface area (Å²) in [4.78, 5) is 4.34. The second kappa shape index (κ2) is 5.78. The molecule has 0 bridgehead atoms. The van der Waals surface area contributed by atoms with Crippen LogP contribution in [0.3, 0.4) is 0 Å². The summed E-state index contributed by atoms with van der Waals surface area (Å²) in [6.07, 6.45) is 1.13. The number of hydrogen-bond donors (Lipinski definition) is 0. The van der Waals surface area contributed by atoms with Gasteiger partial charge in [-0.2, -0.15) is 10.2 Å². The fourth-order valence-corrected chi connectivity index (χ4v) is 2.01. The second-order valence-corrected chi connectivity index (χ2v) is 5.11. The normalized spacial score (nSPS) is 12.1. The minimum Gasteiger partial charge on any atom is -0.339 e. The van der Waals surface area contributed by atoms with E-state index in [1.807, 2.05) is 31.2 Å². The second-order valence-electron chi connectivity index (χ2n) is 4.19. The predicted octanol–water partition coefficient (Wildman–Crippen LogP) is 3.59. The zero-order valence-corrected chi connectivity index (χ0v) is 11.5. The van der Waals surface area contributed by atoms with E-state index < -0.39 is 0 Å². The molecule has 0 aliphatic rings. The van der Waals surface area contributed by atoms with E-state index in [9.17, 15) is 0 Å². The van der Waals surface area contributed by atoms with Gasteiger partial charge in [0.15, 0.2) is 0 Å². The molecule has 0 saturated carbocycles. The van der Waals surface area contributed by atoms with Crippen LogP contribution in [0.4, 0.5) is 0 Å². The van der Waals surface area contributed by atoms with Crippen LogP contribution in [-0.4, -0.2) is 10.1 Å². The molecule has 2 aromatic rings. The molecule has 0 aliphatic heterocycles. The summed E-state index contributed by atoms with van der Waals surface area (Å²) in [7, 11) is 0. The van der Waals surface area contributed by atoms with Crippen molar-refractivity contribution in [1.29, 1.82) is 5.26 Å². The first-order chi connectivity index (χ1) is 8.69. The average Bonchev–Trinajstić information content (AvgIpc) is 2.78. The van der Waals surface area contributed by atoms with Crippen LogP contribution >= 0.6 is 15.9 Å². The molecular formula is C13H12BrN3O. The van der Waals surface area contributed by atoms with Crippen molar-refractivity contribution in [3.05, 3.63) is 34.6 Å². The summed E-state index contributed by atoms with van der Waals surface area (Å²) in [5.41, 5.74) is 0.910.